The number of benzene rings is 2. The second-order valence-electron chi connectivity index (χ2n) is 8.95. The molecule has 2 amide bonds. The lowest BCUT2D eigenvalue weighted by molar-refractivity contribution is -0.143. The Bertz CT molecular complexity index is 930. The molecule has 0 unspecified atom stereocenters. The Labute approximate surface area is 197 Å². The van der Waals surface area contributed by atoms with E-state index in [9.17, 15) is 9.59 Å². The number of hydrogen-bond acceptors (Lipinski definition) is 5. The highest BCUT2D eigenvalue weighted by Crippen LogP contribution is 2.27. The zero-order valence-corrected chi connectivity index (χ0v) is 20.7. The van der Waals surface area contributed by atoms with Crippen molar-refractivity contribution in [3.63, 3.8) is 0 Å². The van der Waals surface area contributed by atoms with Gasteiger partial charge in [-0.15, -0.1) is 0 Å². The smallest absolute Gasteiger partial charge is 0.261 e. The molecule has 0 aromatic heterocycles. The van der Waals surface area contributed by atoms with Crippen molar-refractivity contribution in [3.05, 3.63) is 53.6 Å². The van der Waals surface area contributed by atoms with E-state index in [0.29, 0.717) is 30.2 Å². The first-order chi connectivity index (χ1) is 15.6. The van der Waals surface area contributed by atoms with E-state index >= 15 is 0 Å². The Balaban J connectivity index is 2.29. The molecule has 7 heteroatoms. The summed E-state index contributed by atoms with van der Waals surface area (Å²) in [6, 6.07) is 12.3. The van der Waals surface area contributed by atoms with Crippen molar-refractivity contribution in [2.45, 2.75) is 59.2 Å². The van der Waals surface area contributed by atoms with Crippen LogP contribution in [0.5, 0.6) is 17.2 Å². The summed E-state index contributed by atoms with van der Waals surface area (Å²) in [5.74, 6) is 1.10. The van der Waals surface area contributed by atoms with Crippen LogP contribution >= 0.6 is 0 Å². The highest BCUT2D eigenvalue weighted by Gasteiger charge is 2.31. The zero-order valence-electron chi connectivity index (χ0n) is 20.7. The predicted octanol–water partition coefficient (Wildman–Crippen LogP) is 4.11. The van der Waals surface area contributed by atoms with E-state index in [4.69, 9.17) is 14.2 Å². The number of methoxy groups -OCH3 is 2. The minimum absolute atomic E-state index is 0.185. The molecular weight excluding hydrogens is 420 g/mol. The number of amides is 2. The van der Waals surface area contributed by atoms with Gasteiger partial charge < -0.3 is 24.4 Å². The summed E-state index contributed by atoms with van der Waals surface area (Å²) in [5.41, 5.74) is 1.63. The fourth-order valence-electron chi connectivity index (χ4n) is 3.44. The molecule has 0 aliphatic carbocycles. The van der Waals surface area contributed by atoms with Crippen LogP contribution in [0.3, 0.4) is 0 Å². The Morgan fingerprint density at radius 3 is 2.09 bits per heavy atom. The molecular formula is C26H36N2O5. The van der Waals surface area contributed by atoms with Crippen LogP contribution in [0.25, 0.3) is 0 Å². The van der Waals surface area contributed by atoms with Gasteiger partial charge in [0.25, 0.3) is 5.91 Å². The van der Waals surface area contributed by atoms with Crippen LogP contribution < -0.4 is 19.5 Å². The summed E-state index contributed by atoms with van der Waals surface area (Å²) in [6.45, 7) is 9.75. The highest BCUT2D eigenvalue weighted by atomic mass is 16.5. The molecule has 0 saturated heterocycles. The summed E-state index contributed by atoms with van der Waals surface area (Å²) in [7, 11) is 3.10. The second kappa shape index (κ2) is 11.6. The molecule has 0 fully saturated rings. The number of hydrogen-bond donors (Lipinski definition) is 1. The van der Waals surface area contributed by atoms with Crippen molar-refractivity contribution in [1.82, 2.24) is 10.2 Å². The summed E-state index contributed by atoms with van der Waals surface area (Å²) in [5, 5.41) is 3.00. The first kappa shape index (κ1) is 26.0. The average molecular weight is 457 g/mol. The summed E-state index contributed by atoms with van der Waals surface area (Å²) >= 11 is 0. The van der Waals surface area contributed by atoms with Crippen molar-refractivity contribution in [1.29, 1.82) is 0 Å². The molecule has 1 N–H and O–H groups in total. The lowest BCUT2D eigenvalue weighted by Crippen LogP contribution is -2.54. The maximum Gasteiger partial charge on any atom is 0.261 e. The second-order valence-corrected chi connectivity index (χ2v) is 8.95. The molecule has 0 heterocycles. The first-order valence-electron chi connectivity index (χ1n) is 11.1. The number of ether oxygens (including phenoxy) is 3. The molecule has 33 heavy (non-hydrogen) atoms. The lowest BCUT2D eigenvalue weighted by Gasteiger charge is -2.33. The Morgan fingerprint density at radius 1 is 1.00 bits per heavy atom. The molecule has 0 radical (unpaired) electrons. The van der Waals surface area contributed by atoms with Crippen LogP contribution in [0.1, 0.15) is 45.2 Å². The van der Waals surface area contributed by atoms with Crippen molar-refractivity contribution >= 4 is 11.8 Å². The number of rotatable bonds is 10. The molecule has 180 valence electrons. The predicted molar refractivity (Wildman–Crippen MR) is 129 cm³/mol. The van der Waals surface area contributed by atoms with Crippen LogP contribution in [0.15, 0.2) is 42.5 Å². The Kier molecular flexibility index (Phi) is 9.14. The topological polar surface area (TPSA) is 77.1 Å². The monoisotopic (exact) mass is 456 g/mol. The van der Waals surface area contributed by atoms with Gasteiger partial charge in [-0.05, 0) is 45.2 Å². The van der Waals surface area contributed by atoms with Crippen molar-refractivity contribution < 1.29 is 23.8 Å². The van der Waals surface area contributed by atoms with Gasteiger partial charge in [-0.2, -0.15) is 0 Å². The van der Waals surface area contributed by atoms with Crippen LogP contribution in [-0.4, -0.2) is 49.1 Å². The van der Waals surface area contributed by atoms with Crippen molar-refractivity contribution in [2.24, 2.45) is 0 Å². The number of nitrogens with zero attached hydrogens (tertiary/aromatic N) is 1. The largest absolute Gasteiger partial charge is 0.496 e. The quantitative estimate of drug-likeness (QED) is 0.582. The molecule has 0 saturated carbocycles. The van der Waals surface area contributed by atoms with Crippen molar-refractivity contribution in [3.8, 4) is 17.2 Å². The third kappa shape index (κ3) is 7.70. The highest BCUT2D eigenvalue weighted by molar-refractivity contribution is 5.88. The van der Waals surface area contributed by atoms with E-state index in [1.54, 1.807) is 37.3 Å². The number of nitrogens with one attached hydrogen (secondary N) is 1. The van der Waals surface area contributed by atoms with Crippen LogP contribution in [0.4, 0.5) is 0 Å². The van der Waals surface area contributed by atoms with Gasteiger partial charge >= 0.3 is 0 Å². The summed E-state index contributed by atoms with van der Waals surface area (Å²) < 4.78 is 16.3. The zero-order chi connectivity index (χ0) is 24.6. The van der Waals surface area contributed by atoms with Crippen LogP contribution in [0.2, 0.25) is 0 Å². The third-order valence-corrected chi connectivity index (χ3v) is 5.17. The van der Waals surface area contributed by atoms with Gasteiger partial charge in [-0.1, -0.05) is 31.2 Å². The molecule has 0 aliphatic rings. The lowest BCUT2D eigenvalue weighted by atomic mass is 10.0. The van der Waals surface area contributed by atoms with Crippen molar-refractivity contribution in [2.75, 3.05) is 20.8 Å². The van der Waals surface area contributed by atoms with Crippen LogP contribution in [0, 0.1) is 6.92 Å². The summed E-state index contributed by atoms with van der Waals surface area (Å²) in [4.78, 5) is 28.0. The molecule has 2 aromatic rings. The van der Waals surface area contributed by atoms with E-state index in [0.717, 1.165) is 11.1 Å². The molecule has 2 rings (SSSR count). The summed E-state index contributed by atoms with van der Waals surface area (Å²) in [6.07, 6.45) is 0.479. The number of carbonyl (C=O) groups excluding carboxylic acids is 2. The maximum atomic E-state index is 13.4. The van der Waals surface area contributed by atoms with Gasteiger partial charge in [0.15, 0.2) is 6.61 Å². The van der Waals surface area contributed by atoms with Gasteiger partial charge in [-0.3, -0.25) is 9.59 Å². The van der Waals surface area contributed by atoms with E-state index < -0.39 is 11.6 Å². The SMILES string of the molecule is CC[C@@H](C(=O)NC(C)(C)C)N(Cc1ccccc1C)C(=O)COc1cc(OC)cc(OC)c1. The standard InChI is InChI=1S/C26H36N2O5/c1-8-23(25(30)27-26(3,4)5)28(16-19-12-10-9-11-18(19)2)24(29)17-33-22-14-20(31-6)13-21(15-22)32-7/h9-15,23H,8,16-17H2,1-7H3,(H,27,30)/t23-/m0/s1. The van der Waals surface area contributed by atoms with Gasteiger partial charge in [-0.25, -0.2) is 0 Å². The van der Waals surface area contributed by atoms with Crippen LogP contribution in [-0.2, 0) is 16.1 Å². The minimum atomic E-state index is -0.625. The van der Waals surface area contributed by atoms with Gasteiger partial charge in [0, 0.05) is 30.3 Å². The minimum Gasteiger partial charge on any atom is -0.496 e. The van der Waals surface area contributed by atoms with E-state index in [1.165, 1.54) is 0 Å². The Hall–Kier alpha value is -3.22. The van der Waals surface area contributed by atoms with Gasteiger partial charge in [0.2, 0.25) is 5.91 Å². The molecule has 0 bridgehead atoms. The van der Waals surface area contributed by atoms with E-state index in [2.05, 4.69) is 5.32 Å². The molecule has 1 atom stereocenters. The van der Waals surface area contributed by atoms with Gasteiger partial charge in [0.05, 0.1) is 14.2 Å². The molecule has 0 aliphatic heterocycles. The molecule has 0 spiro atoms. The van der Waals surface area contributed by atoms with E-state index in [-0.39, 0.29) is 18.4 Å². The third-order valence-electron chi connectivity index (χ3n) is 5.17. The number of carbonyl (C=O) groups is 2. The fraction of sp³-hybridized carbons (Fsp3) is 0.462. The normalized spacial score (nSPS) is 12.0. The van der Waals surface area contributed by atoms with E-state index in [1.807, 2.05) is 58.9 Å². The number of aryl methyl sites for hydroxylation is 1. The molecule has 7 nitrogen and oxygen atoms in total. The molecule has 2 aromatic carbocycles. The first-order valence-corrected chi connectivity index (χ1v) is 11.1. The average Bonchev–Trinajstić information content (AvgIpc) is 2.77. The maximum absolute atomic E-state index is 13.4. The fourth-order valence-corrected chi connectivity index (χ4v) is 3.44. The van der Waals surface area contributed by atoms with Gasteiger partial charge in [0.1, 0.15) is 23.3 Å². The Morgan fingerprint density at radius 2 is 1.58 bits per heavy atom.